The second-order valence-electron chi connectivity index (χ2n) is 3.03. The van der Waals surface area contributed by atoms with Crippen LogP contribution in [0.2, 0.25) is 0 Å². The Hall–Kier alpha value is -0.130. The van der Waals surface area contributed by atoms with Crippen LogP contribution in [0.15, 0.2) is 6.20 Å². The van der Waals surface area contributed by atoms with Gasteiger partial charge in [0.2, 0.25) is 0 Å². The summed E-state index contributed by atoms with van der Waals surface area (Å²) in [7, 11) is 0. The van der Waals surface area contributed by atoms with E-state index in [2.05, 4.69) is 28.4 Å². The Morgan fingerprint density at radius 2 is 2.38 bits per heavy atom. The fourth-order valence-corrected chi connectivity index (χ4v) is 2.17. The molecule has 0 atom stereocenters. The molecule has 1 aromatic rings. The molecule has 0 amide bonds. The van der Waals surface area contributed by atoms with Crippen molar-refractivity contribution < 1.29 is 21.2 Å². The van der Waals surface area contributed by atoms with Crippen LogP contribution in [0, 0.1) is 0 Å². The molecule has 0 spiro atoms. The van der Waals surface area contributed by atoms with Crippen molar-refractivity contribution in [2.45, 2.75) is 32.7 Å². The van der Waals surface area contributed by atoms with Gasteiger partial charge in [0.05, 0.1) is 0 Å². The van der Waals surface area contributed by atoms with Crippen LogP contribution in [0.4, 0.5) is 0 Å². The molecule has 1 heterocycles. The monoisotopic (exact) mass is 294 g/mol. The van der Waals surface area contributed by atoms with E-state index >= 15 is 0 Å². The van der Waals surface area contributed by atoms with Gasteiger partial charge in [-0.2, -0.15) is 0 Å². The van der Waals surface area contributed by atoms with E-state index in [1.807, 2.05) is 4.68 Å². The normalized spacial score (nSPS) is 10.9. The van der Waals surface area contributed by atoms with Gasteiger partial charge in [0.25, 0.3) is 0 Å². The summed E-state index contributed by atoms with van der Waals surface area (Å²) in [5.41, 5.74) is 1.16. The Morgan fingerprint density at radius 3 is 3.08 bits per heavy atom. The van der Waals surface area contributed by atoms with Crippen molar-refractivity contribution in [1.82, 2.24) is 15.0 Å². The first-order valence-corrected chi connectivity index (χ1v) is 8.38. The number of hydrogen-bond acceptors (Lipinski definition) is 2. The van der Waals surface area contributed by atoms with Gasteiger partial charge in [0.1, 0.15) is 0 Å². The van der Waals surface area contributed by atoms with E-state index in [4.69, 9.17) is 0 Å². The van der Waals surface area contributed by atoms with Crippen LogP contribution in [0.25, 0.3) is 0 Å². The number of halogens is 1. The van der Waals surface area contributed by atoms with Crippen molar-refractivity contribution in [3.05, 3.63) is 11.9 Å². The number of unbranched alkanes of at least 4 members (excludes halogenated alkanes) is 1. The minimum atomic E-state index is 0.402. The fraction of sp³-hybridized carbons (Fsp3) is 0.778. The van der Waals surface area contributed by atoms with Crippen molar-refractivity contribution in [3.63, 3.8) is 0 Å². The molecule has 0 aliphatic carbocycles. The fourth-order valence-electron chi connectivity index (χ4n) is 1.07. The molecule has 1 rings (SSSR count). The molecule has 3 nitrogen and oxygen atoms in total. The van der Waals surface area contributed by atoms with Crippen LogP contribution in [0.3, 0.4) is 0 Å². The van der Waals surface area contributed by atoms with Gasteiger partial charge >= 0.3 is 90.2 Å². The molecule has 1 aromatic heterocycles. The van der Waals surface area contributed by atoms with Gasteiger partial charge in [0, 0.05) is 0 Å². The zero-order valence-electron chi connectivity index (χ0n) is 8.33. The predicted octanol–water partition coefficient (Wildman–Crippen LogP) is -1.66. The zero-order valence-corrected chi connectivity index (χ0v) is 10.5. The summed E-state index contributed by atoms with van der Waals surface area (Å²) in [6.07, 6.45) is 5.63. The summed E-state index contributed by atoms with van der Waals surface area (Å²) in [5.74, 6) is 0. The molecule has 13 heavy (non-hydrogen) atoms. The van der Waals surface area contributed by atoms with Crippen molar-refractivity contribution >= 4 is 0 Å². The van der Waals surface area contributed by atoms with E-state index in [0.717, 1.165) is 18.7 Å². The maximum absolute atomic E-state index is 4.14. The number of nitrogens with zero attached hydrogens (tertiary/aromatic N) is 3. The number of aryl methyl sites for hydroxylation is 2. The van der Waals surface area contributed by atoms with Gasteiger partial charge in [-0.1, -0.05) is 0 Å². The Bertz CT molecular complexity index is 212. The van der Waals surface area contributed by atoms with Crippen LogP contribution in [0.5, 0.6) is 0 Å². The summed E-state index contributed by atoms with van der Waals surface area (Å²) < 4.78 is 3.29. The quantitative estimate of drug-likeness (QED) is 0.464. The van der Waals surface area contributed by atoms with Gasteiger partial charge in [-0.05, 0) is 0 Å². The van der Waals surface area contributed by atoms with E-state index < -0.39 is 0 Å². The molecule has 0 aromatic carbocycles. The van der Waals surface area contributed by atoms with Crippen molar-refractivity contribution in [3.8, 4) is 0 Å². The molecule has 0 fully saturated rings. The summed E-state index contributed by atoms with van der Waals surface area (Å²) in [6.45, 7) is 3.21. The molecule has 76 valence electrons. The average Bonchev–Trinajstić information content (AvgIpc) is 2.59. The maximum atomic E-state index is 4.14. The molecular weight excluding hydrogens is 277 g/mol. The van der Waals surface area contributed by atoms with Crippen LogP contribution < -0.4 is 21.2 Å². The molecule has 0 aliphatic heterocycles. The van der Waals surface area contributed by atoms with Gasteiger partial charge in [-0.15, -0.1) is 0 Å². The summed E-state index contributed by atoms with van der Waals surface area (Å²) >= 11 is 0.402. The first kappa shape index (κ1) is 10.9. The van der Waals surface area contributed by atoms with Crippen LogP contribution >= 0.6 is 0 Å². The first-order valence-electron chi connectivity index (χ1n) is 4.69. The molecule has 0 radical (unpaired) electrons. The standard InChI is InChI=1S/C9H17IN3/c1-3-4-7-13-8-9(11-12-13)5-6-10-2/h8H,3-7H2,1-2H3/q-1. The Kier molecular flexibility index (Phi) is 5.34. The third-order valence-electron chi connectivity index (χ3n) is 1.87. The zero-order chi connectivity index (χ0) is 9.52. The Labute approximate surface area is 90.2 Å². The van der Waals surface area contributed by atoms with Crippen LogP contribution in [0.1, 0.15) is 25.5 Å². The molecular formula is C9H17IN3-. The number of alkyl halides is 2. The van der Waals surface area contributed by atoms with Gasteiger partial charge in [0.15, 0.2) is 0 Å². The number of rotatable bonds is 6. The molecule has 4 heteroatoms. The second kappa shape index (κ2) is 6.34. The molecule has 0 saturated carbocycles. The van der Waals surface area contributed by atoms with E-state index in [0.29, 0.717) is 21.2 Å². The first-order chi connectivity index (χ1) is 6.36. The van der Waals surface area contributed by atoms with Crippen molar-refractivity contribution in [2.75, 3.05) is 9.36 Å². The Balaban J connectivity index is 2.34. The third-order valence-corrected chi connectivity index (χ3v) is 3.48. The molecule has 0 N–H and O–H groups in total. The topological polar surface area (TPSA) is 30.7 Å². The van der Waals surface area contributed by atoms with Crippen molar-refractivity contribution in [1.29, 1.82) is 0 Å². The number of aromatic nitrogens is 3. The Morgan fingerprint density at radius 1 is 1.54 bits per heavy atom. The molecule has 0 unspecified atom stereocenters. The molecule has 0 bridgehead atoms. The van der Waals surface area contributed by atoms with Gasteiger partial charge in [-0.25, -0.2) is 0 Å². The minimum absolute atomic E-state index is 0.402. The summed E-state index contributed by atoms with van der Waals surface area (Å²) in [5, 5.41) is 8.22. The van der Waals surface area contributed by atoms with Gasteiger partial charge in [-0.3, -0.25) is 0 Å². The van der Waals surface area contributed by atoms with Crippen LogP contribution in [-0.4, -0.2) is 24.4 Å². The average molecular weight is 294 g/mol. The van der Waals surface area contributed by atoms with Crippen LogP contribution in [-0.2, 0) is 13.0 Å². The predicted molar refractivity (Wildman–Crippen MR) is 49.4 cm³/mol. The number of hydrogen-bond donors (Lipinski definition) is 0. The molecule has 0 aliphatic rings. The summed E-state index contributed by atoms with van der Waals surface area (Å²) in [4.78, 5) is 2.31. The van der Waals surface area contributed by atoms with E-state index in [-0.39, 0.29) is 0 Å². The van der Waals surface area contributed by atoms with E-state index in [9.17, 15) is 0 Å². The second-order valence-corrected chi connectivity index (χ2v) is 5.64. The SMILES string of the molecule is CCCCn1cc(CC[I-]C)nn1. The van der Waals surface area contributed by atoms with E-state index in [1.165, 1.54) is 17.3 Å². The molecule has 0 saturated heterocycles. The van der Waals surface area contributed by atoms with Crippen molar-refractivity contribution in [2.24, 2.45) is 0 Å². The summed E-state index contributed by atoms with van der Waals surface area (Å²) in [6, 6.07) is 0. The van der Waals surface area contributed by atoms with E-state index in [1.54, 1.807) is 0 Å². The van der Waals surface area contributed by atoms with Gasteiger partial charge < -0.3 is 0 Å². The third kappa shape index (κ3) is 4.06.